The molecule has 1 atom stereocenters. The van der Waals surface area contributed by atoms with Crippen LogP contribution in [0.1, 0.15) is 12.5 Å². The Labute approximate surface area is 99.8 Å². The predicted octanol–water partition coefficient (Wildman–Crippen LogP) is 2.42. The highest BCUT2D eigenvalue weighted by atomic mass is 35.5. The van der Waals surface area contributed by atoms with Crippen molar-refractivity contribution in [1.82, 2.24) is 9.78 Å². The van der Waals surface area contributed by atoms with Gasteiger partial charge in [-0.25, -0.2) is 4.68 Å². The van der Waals surface area contributed by atoms with Gasteiger partial charge in [-0.05, 0) is 37.1 Å². The Bertz CT molecular complexity index is 463. The molecule has 2 rings (SSSR count). The van der Waals surface area contributed by atoms with Crippen molar-refractivity contribution < 1.29 is 0 Å². The van der Waals surface area contributed by atoms with E-state index in [4.69, 9.17) is 17.3 Å². The summed E-state index contributed by atoms with van der Waals surface area (Å²) < 4.78 is 1.78. The summed E-state index contributed by atoms with van der Waals surface area (Å²) >= 11 is 6.19. The second-order valence-corrected chi connectivity index (χ2v) is 4.31. The largest absolute Gasteiger partial charge is 0.328 e. The maximum atomic E-state index is 6.19. The molecule has 1 aromatic carbocycles. The summed E-state index contributed by atoms with van der Waals surface area (Å²) in [5, 5.41) is 4.89. The number of nitrogens with zero attached hydrogens (tertiary/aromatic N) is 2. The first-order valence-electron chi connectivity index (χ1n) is 5.21. The number of halogens is 1. The minimum absolute atomic E-state index is 0.119. The van der Waals surface area contributed by atoms with Gasteiger partial charge in [0, 0.05) is 23.5 Å². The van der Waals surface area contributed by atoms with Crippen LogP contribution < -0.4 is 5.73 Å². The second kappa shape index (κ2) is 4.68. The Morgan fingerprint density at radius 1 is 1.50 bits per heavy atom. The van der Waals surface area contributed by atoms with E-state index in [1.54, 1.807) is 10.9 Å². The first-order chi connectivity index (χ1) is 7.66. The van der Waals surface area contributed by atoms with E-state index in [1.807, 2.05) is 37.4 Å². The van der Waals surface area contributed by atoms with Gasteiger partial charge in [0.2, 0.25) is 0 Å². The van der Waals surface area contributed by atoms with E-state index >= 15 is 0 Å². The van der Waals surface area contributed by atoms with Gasteiger partial charge >= 0.3 is 0 Å². The van der Waals surface area contributed by atoms with Crippen molar-refractivity contribution in [2.24, 2.45) is 5.73 Å². The highest BCUT2D eigenvalue weighted by Crippen LogP contribution is 2.20. The maximum Gasteiger partial charge on any atom is 0.0660 e. The van der Waals surface area contributed by atoms with Crippen LogP contribution >= 0.6 is 11.6 Å². The molecule has 1 heterocycles. The van der Waals surface area contributed by atoms with Gasteiger partial charge in [0.25, 0.3) is 0 Å². The summed E-state index contributed by atoms with van der Waals surface area (Å²) in [7, 11) is 0. The van der Waals surface area contributed by atoms with Gasteiger partial charge in [-0.3, -0.25) is 0 Å². The van der Waals surface area contributed by atoms with Crippen LogP contribution in [0.25, 0.3) is 5.69 Å². The number of nitrogens with two attached hydrogens (primary N) is 1. The van der Waals surface area contributed by atoms with Crippen molar-refractivity contribution in [1.29, 1.82) is 0 Å². The molecule has 0 aliphatic rings. The molecule has 0 amide bonds. The molecule has 0 bridgehead atoms. The lowest BCUT2D eigenvalue weighted by atomic mass is 10.1. The molecule has 0 radical (unpaired) electrons. The van der Waals surface area contributed by atoms with Crippen LogP contribution in [0, 0.1) is 0 Å². The van der Waals surface area contributed by atoms with E-state index in [2.05, 4.69) is 5.10 Å². The van der Waals surface area contributed by atoms with Gasteiger partial charge in [-0.1, -0.05) is 17.7 Å². The highest BCUT2D eigenvalue weighted by molar-refractivity contribution is 6.31. The number of hydrogen-bond donors (Lipinski definition) is 1. The molecule has 0 saturated heterocycles. The van der Waals surface area contributed by atoms with Crippen LogP contribution in [0.5, 0.6) is 0 Å². The lowest BCUT2D eigenvalue weighted by Crippen LogP contribution is -2.18. The first-order valence-corrected chi connectivity index (χ1v) is 5.58. The van der Waals surface area contributed by atoms with Crippen LogP contribution in [-0.4, -0.2) is 15.8 Å². The third kappa shape index (κ3) is 2.43. The SMILES string of the molecule is CC(N)Cc1ccc(-n2cccn2)cc1Cl. The van der Waals surface area contributed by atoms with E-state index in [1.165, 1.54) is 0 Å². The number of hydrogen-bond acceptors (Lipinski definition) is 2. The van der Waals surface area contributed by atoms with Crippen molar-refractivity contribution >= 4 is 11.6 Å². The van der Waals surface area contributed by atoms with E-state index < -0.39 is 0 Å². The first kappa shape index (κ1) is 11.2. The molecule has 0 fully saturated rings. The molecule has 1 aromatic heterocycles. The zero-order valence-electron chi connectivity index (χ0n) is 9.10. The molecule has 2 N–H and O–H groups in total. The summed E-state index contributed by atoms with van der Waals surface area (Å²) in [5.41, 5.74) is 7.79. The molecule has 0 spiro atoms. The summed E-state index contributed by atoms with van der Waals surface area (Å²) in [4.78, 5) is 0. The van der Waals surface area contributed by atoms with Crippen molar-refractivity contribution in [3.05, 3.63) is 47.2 Å². The molecular formula is C12H14ClN3. The van der Waals surface area contributed by atoms with Gasteiger partial charge < -0.3 is 5.73 Å². The lowest BCUT2D eigenvalue weighted by molar-refractivity contribution is 0.737. The quantitative estimate of drug-likeness (QED) is 0.888. The molecule has 0 aliphatic heterocycles. The van der Waals surface area contributed by atoms with Gasteiger partial charge in [0.15, 0.2) is 0 Å². The second-order valence-electron chi connectivity index (χ2n) is 3.91. The number of benzene rings is 1. The predicted molar refractivity (Wildman–Crippen MR) is 65.9 cm³/mol. The summed E-state index contributed by atoms with van der Waals surface area (Å²) in [5.74, 6) is 0. The van der Waals surface area contributed by atoms with E-state index in [0.717, 1.165) is 22.7 Å². The Morgan fingerprint density at radius 3 is 2.88 bits per heavy atom. The van der Waals surface area contributed by atoms with Crippen molar-refractivity contribution in [2.75, 3.05) is 0 Å². The third-order valence-electron chi connectivity index (χ3n) is 2.35. The minimum atomic E-state index is 0.119. The molecule has 2 aromatic rings. The highest BCUT2D eigenvalue weighted by Gasteiger charge is 2.05. The van der Waals surface area contributed by atoms with E-state index in [9.17, 15) is 0 Å². The van der Waals surface area contributed by atoms with Crippen molar-refractivity contribution in [2.45, 2.75) is 19.4 Å². The average molecular weight is 236 g/mol. The Hall–Kier alpha value is -1.32. The molecule has 0 saturated carbocycles. The molecular weight excluding hydrogens is 222 g/mol. The maximum absolute atomic E-state index is 6.19. The Balaban J connectivity index is 2.29. The smallest absolute Gasteiger partial charge is 0.0660 e. The van der Waals surface area contributed by atoms with Crippen LogP contribution in [0.15, 0.2) is 36.7 Å². The Morgan fingerprint density at radius 2 is 2.31 bits per heavy atom. The Kier molecular flexibility index (Phi) is 3.27. The monoisotopic (exact) mass is 235 g/mol. The van der Waals surface area contributed by atoms with Crippen LogP contribution in [0.4, 0.5) is 0 Å². The van der Waals surface area contributed by atoms with Crippen molar-refractivity contribution in [3.63, 3.8) is 0 Å². The molecule has 1 unspecified atom stereocenters. The average Bonchev–Trinajstić information content (AvgIpc) is 2.73. The molecule has 4 heteroatoms. The van der Waals surface area contributed by atoms with Crippen LogP contribution in [0.2, 0.25) is 5.02 Å². The van der Waals surface area contributed by atoms with Crippen LogP contribution in [-0.2, 0) is 6.42 Å². The third-order valence-corrected chi connectivity index (χ3v) is 2.70. The fourth-order valence-electron chi connectivity index (χ4n) is 1.61. The molecule has 3 nitrogen and oxygen atoms in total. The van der Waals surface area contributed by atoms with Gasteiger partial charge in [0.1, 0.15) is 0 Å². The minimum Gasteiger partial charge on any atom is -0.328 e. The zero-order chi connectivity index (χ0) is 11.5. The van der Waals surface area contributed by atoms with Gasteiger partial charge in [-0.15, -0.1) is 0 Å². The fourth-order valence-corrected chi connectivity index (χ4v) is 1.86. The zero-order valence-corrected chi connectivity index (χ0v) is 9.85. The van der Waals surface area contributed by atoms with E-state index in [0.29, 0.717) is 0 Å². The van der Waals surface area contributed by atoms with Gasteiger partial charge in [0.05, 0.1) is 5.69 Å². The topological polar surface area (TPSA) is 43.8 Å². The summed E-state index contributed by atoms with van der Waals surface area (Å²) in [6.45, 7) is 1.97. The number of aromatic nitrogens is 2. The molecule has 0 aliphatic carbocycles. The molecule has 84 valence electrons. The number of rotatable bonds is 3. The van der Waals surface area contributed by atoms with E-state index in [-0.39, 0.29) is 6.04 Å². The summed E-state index contributed by atoms with van der Waals surface area (Å²) in [6.07, 6.45) is 4.42. The summed E-state index contributed by atoms with van der Waals surface area (Å²) in [6, 6.07) is 7.91. The fraction of sp³-hybridized carbons (Fsp3) is 0.250. The normalized spacial score (nSPS) is 12.7. The van der Waals surface area contributed by atoms with Crippen molar-refractivity contribution in [3.8, 4) is 5.69 Å². The lowest BCUT2D eigenvalue weighted by Gasteiger charge is -2.09. The van der Waals surface area contributed by atoms with Gasteiger partial charge in [-0.2, -0.15) is 5.10 Å². The molecule has 16 heavy (non-hydrogen) atoms. The van der Waals surface area contributed by atoms with Crippen LogP contribution in [0.3, 0.4) is 0 Å². The standard InChI is InChI=1S/C12H14ClN3/c1-9(14)7-10-3-4-11(8-12(10)13)16-6-2-5-15-16/h2-6,8-9H,7,14H2,1H3.